The average molecular weight is 808 g/mol. The van der Waals surface area contributed by atoms with E-state index in [2.05, 4.69) is 202 Å². The molecule has 0 amide bonds. The SMILES string of the molecule is N#Cc1ccc(N(c2ccc(C#N)cc2)c2cc(N3c4ccccc4[Si](c4ccccc4)(c4ccccc4)c4ccccc43)cc(-n3c4ccccc4c4ccccc43)c2)cc1. The number of para-hydroxylation sites is 4. The van der Waals surface area contributed by atoms with Gasteiger partial charge in [0.15, 0.2) is 8.07 Å². The van der Waals surface area contributed by atoms with Gasteiger partial charge in [-0.1, -0.05) is 133 Å². The Kier molecular flexibility index (Phi) is 8.86. The minimum absolute atomic E-state index is 0.583. The van der Waals surface area contributed by atoms with E-state index in [1.807, 2.05) is 48.5 Å². The first-order valence-electron chi connectivity index (χ1n) is 20.7. The Morgan fingerprint density at radius 2 is 0.806 bits per heavy atom. The molecule has 0 unspecified atom stereocenters. The molecule has 0 saturated carbocycles. The van der Waals surface area contributed by atoms with Crippen molar-refractivity contribution in [1.29, 1.82) is 10.5 Å². The predicted molar refractivity (Wildman–Crippen MR) is 257 cm³/mol. The van der Waals surface area contributed by atoms with Gasteiger partial charge in [0.2, 0.25) is 0 Å². The van der Waals surface area contributed by atoms with Crippen LogP contribution in [0, 0.1) is 22.7 Å². The minimum atomic E-state index is -2.86. The predicted octanol–water partition coefficient (Wildman–Crippen LogP) is 11.2. The zero-order chi connectivity index (χ0) is 41.6. The normalized spacial score (nSPS) is 12.6. The van der Waals surface area contributed by atoms with Crippen LogP contribution in [0.15, 0.2) is 224 Å². The van der Waals surface area contributed by atoms with Crippen molar-refractivity contribution in [1.82, 2.24) is 4.57 Å². The van der Waals surface area contributed by atoms with Gasteiger partial charge in [0.25, 0.3) is 0 Å². The number of rotatable bonds is 7. The van der Waals surface area contributed by atoms with E-state index < -0.39 is 8.07 Å². The molecule has 0 aliphatic carbocycles. The first-order chi connectivity index (χ1) is 30.7. The van der Waals surface area contributed by atoms with Gasteiger partial charge in [0.05, 0.1) is 51.4 Å². The highest BCUT2D eigenvalue weighted by molar-refractivity contribution is 7.21. The molecule has 0 atom stereocenters. The maximum Gasteiger partial charge on any atom is 0.184 e. The molecule has 0 fully saturated rings. The summed E-state index contributed by atoms with van der Waals surface area (Å²) in [5.41, 5.74) is 10.3. The van der Waals surface area contributed by atoms with E-state index in [4.69, 9.17) is 0 Å². The number of anilines is 6. The van der Waals surface area contributed by atoms with E-state index in [9.17, 15) is 10.5 Å². The Hall–Kier alpha value is -8.42. The molecule has 6 heteroatoms. The number of nitriles is 2. The fourth-order valence-corrected chi connectivity index (χ4v) is 14.8. The number of benzene rings is 9. The Bertz CT molecular complexity index is 3180. The van der Waals surface area contributed by atoms with Gasteiger partial charge in [-0.25, -0.2) is 0 Å². The average Bonchev–Trinajstić information content (AvgIpc) is 3.68. The summed E-state index contributed by atoms with van der Waals surface area (Å²) in [6.45, 7) is 0. The lowest BCUT2D eigenvalue weighted by molar-refractivity contribution is 1.16. The van der Waals surface area contributed by atoms with E-state index in [1.165, 1.54) is 31.5 Å². The second kappa shape index (κ2) is 15.0. The molecule has 1 aromatic heterocycles. The van der Waals surface area contributed by atoms with Crippen molar-refractivity contribution >= 4 is 84.8 Å². The molecule has 10 aromatic rings. The van der Waals surface area contributed by atoms with Gasteiger partial charge in [0, 0.05) is 33.5 Å². The quantitative estimate of drug-likeness (QED) is 0.151. The van der Waals surface area contributed by atoms with Crippen LogP contribution in [-0.4, -0.2) is 12.6 Å². The summed E-state index contributed by atoms with van der Waals surface area (Å²) in [6, 6.07) is 84.2. The van der Waals surface area contributed by atoms with Gasteiger partial charge < -0.3 is 14.4 Å². The Morgan fingerprint density at radius 1 is 0.387 bits per heavy atom. The van der Waals surface area contributed by atoms with Crippen molar-refractivity contribution in [2.24, 2.45) is 0 Å². The van der Waals surface area contributed by atoms with Crippen molar-refractivity contribution in [2.45, 2.75) is 0 Å². The molecular weight excluding hydrogens is 771 g/mol. The van der Waals surface area contributed by atoms with Crippen LogP contribution < -0.4 is 30.5 Å². The number of nitrogens with zero attached hydrogens (tertiary/aromatic N) is 5. The third kappa shape index (κ3) is 5.74. The highest BCUT2D eigenvalue weighted by atomic mass is 28.3. The molecule has 11 rings (SSSR count). The molecule has 5 nitrogen and oxygen atoms in total. The number of aromatic nitrogens is 1. The number of fused-ring (bicyclic) bond motifs is 5. The number of hydrogen-bond donors (Lipinski definition) is 0. The van der Waals surface area contributed by atoms with E-state index in [-0.39, 0.29) is 0 Å². The molecule has 0 N–H and O–H groups in total. The fraction of sp³-hybridized carbons (Fsp3) is 0. The molecule has 0 radical (unpaired) electrons. The standard InChI is InChI=1S/C56H37N5Si/c57-38-40-27-31-42(32-28-40)59(43-33-29-41(39-58)30-34-43)44-35-45(60-51-21-9-7-19-49(51)50-20-8-10-22-52(50)60)37-46(36-44)61-53-23-11-13-25-55(53)62(47-15-3-1-4-16-47,48-17-5-2-6-18-48)56-26-14-12-24-54(56)61/h1-37H. The summed E-state index contributed by atoms with van der Waals surface area (Å²) in [4.78, 5) is 4.68. The molecule has 290 valence electrons. The van der Waals surface area contributed by atoms with Gasteiger partial charge >= 0.3 is 0 Å². The Labute approximate surface area is 361 Å². The summed E-state index contributed by atoms with van der Waals surface area (Å²) in [5, 5.41) is 27.3. The lowest BCUT2D eigenvalue weighted by Crippen LogP contribution is -2.77. The van der Waals surface area contributed by atoms with E-state index in [0.717, 1.165) is 50.8 Å². The monoisotopic (exact) mass is 807 g/mol. The zero-order valence-corrected chi connectivity index (χ0v) is 34.6. The van der Waals surface area contributed by atoms with Crippen LogP contribution in [0.2, 0.25) is 0 Å². The largest absolute Gasteiger partial charge is 0.310 e. The number of hydrogen-bond acceptors (Lipinski definition) is 4. The topological polar surface area (TPSA) is 59.0 Å². The van der Waals surface area contributed by atoms with Crippen LogP contribution >= 0.6 is 0 Å². The first-order valence-corrected chi connectivity index (χ1v) is 22.7. The molecule has 2 heterocycles. The summed E-state index contributed by atoms with van der Waals surface area (Å²) in [5.74, 6) is 0. The van der Waals surface area contributed by atoms with Gasteiger partial charge in [-0.3, -0.25) is 0 Å². The summed E-state index contributed by atoms with van der Waals surface area (Å²) >= 11 is 0. The van der Waals surface area contributed by atoms with Gasteiger partial charge in [0.1, 0.15) is 0 Å². The highest BCUT2D eigenvalue weighted by Gasteiger charge is 2.48. The van der Waals surface area contributed by atoms with E-state index in [0.29, 0.717) is 11.1 Å². The van der Waals surface area contributed by atoms with Crippen molar-refractivity contribution in [3.8, 4) is 17.8 Å². The van der Waals surface area contributed by atoms with Crippen LogP contribution in [0.1, 0.15) is 11.1 Å². The molecule has 0 bridgehead atoms. The molecule has 1 aliphatic rings. The summed E-state index contributed by atoms with van der Waals surface area (Å²) in [6.07, 6.45) is 0. The Morgan fingerprint density at radius 3 is 1.29 bits per heavy atom. The smallest absolute Gasteiger partial charge is 0.184 e. The molecule has 0 saturated heterocycles. The molecule has 62 heavy (non-hydrogen) atoms. The highest BCUT2D eigenvalue weighted by Crippen LogP contribution is 2.45. The fourth-order valence-electron chi connectivity index (χ4n) is 9.67. The second-order valence-electron chi connectivity index (χ2n) is 15.6. The van der Waals surface area contributed by atoms with Crippen molar-refractivity contribution in [3.63, 3.8) is 0 Å². The van der Waals surface area contributed by atoms with Crippen molar-refractivity contribution < 1.29 is 0 Å². The minimum Gasteiger partial charge on any atom is -0.310 e. The lowest BCUT2D eigenvalue weighted by atomic mass is 10.1. The van der Waals surface area contributed by atoms with Crippen LogP contribution in [0.4, 0.5) is 34.1 Å². The summed E-state index contributed by atoms with van der Waals surface area (Å²) < 4.78 is 2.38. The van der Waals surface area contributed by atoms with Gasteiger partial charge in [-0.15, -0.1) is 0 Å². The maximum absolute atomic E-state index is 9.80. The van der Waals surface area contributed by atoms with Gasteiger partial charge in [-0.2, -0.15) is 10.5 Å². The molecule has 0 spiro atoms. The van der Waals surface area contributed by atoms with Crippen molar-refractivity contribution in [2.75, 3.05) is 9.80 Å². The first kappa shape index (κ1) is 36.6. The third-order valence-corrected chi connectivity index (χ3v) is 17.1. The van der Waals surface area contributed by atoms with E-state index >= 15 is 0 Å². The molecular formula is C56H37N5Si. The van der Waals surface area contributed by atoms with Crippen molar-refractivity contribution in [3.05, 3.63) is 236 Å². The summed E-state index contributed by atoms with van der Waals surface area (Å²) in [7, 11) is -2.86. The van der Waals surface area contributed by atoms with Crippen LogP contribution in [0.25, 0.3) is 27.5 Å². The van der Waals surface area contributed by atoms with Crippen LogP contribution in [0.3, 0.4) is 0 Å². The van der Waals surface area contributed by atoms with Crippen LogP contribution in [0.5, 0.6) is 0 Å². The van der Waals surface area contributed by atoms with E-state index in [1.54, 1.807) is 0 Å². The zero-order valence-electron chi connectivity index (χ0n) is 33.6. The third-order valence-electron chi connectivity index (χ3n) is 12.3. The maximum atomic E-state index is 9.80. The second-order valence-corrected chi connectivity index (χ2v) is 19.3. The lowest BCUT2D eigenvalue weighted by Gasteiger charge is -2.45. The van der Waals surface area contributed by atoms with Gasteiger partial charge in [-0.05, 0) is 112 Å². The molecule has 1 aliphatic heterocycles. The molecule has 9 aromatic carbocycles. The van der Waals surface area contributed by atoms with Crippen LogP contribution in [-0.2, 0) is 0 Å². The Balaban J connectivity index is 1.24.